The monoisotopic (exact) mass is 504 g/mol. The summed E-state index contributed by atoms with van der Waals surface area (Å²) in [6, 6.07) is -5.98. The average Bonchev–Trinajstić information content (AvgIpc) is 2.71. The molecule has 0 aliphatic carbocycles. The molecule has 4 atom stereocenters. The lowest BCUT2D eigenvalue weighted by molar-refractivity contribution is -0.144. The zero-order valence-electron chi connectivity index (χ0n) is 19.4. The number of hydrogen-bond donors (Lipinski definition) is 8. The largest absolute Gasteiger partial charge is 0.481 e. The predicted molar refractivity (Wildman–Crippen MR) is 117 cm³/mol. The summed E-state index contributed by atoms with van der Waals surface area (Å²) in [6.45, 7) is 3.61. The van der Waals surface area contributed by atoms with Gasteiger partial charge in [0.2, 0.25) is 17.7 Å². The van der Waals surface area contributed by atoms with Gasteiger partial charge in [-0.05, 0) is 25.2 Å². The molecule has 0 aliphatic heterocycles. The third-order valence-electron chi connectivity index (χ3n) is 4.62. The van der Waals surface area contributed by atoms with Crippen LogP contribution < -0.4 is 21.7 Å². The van der Waals surface area contributed by atoms with Gasteiger partial charge in [-0.2, -0.15) is 0 Å². The molecule has 0 spiro atoms. The van der Waals surface area contributed by atoms with Gasteiger partial charge >= 0.3 is 23.9 Å². The van der Waals surface area contributed by atoms with E-state index in [1.807, 2.05) is 5.32 Å². The van der Waals surface area contributed by atoms with Gasteiger partial charge in [-0.1, -0.05) is 13.8 Å². The van der Waals surface area contributed by atoms with Crippen LogP contribution in [0, 0.1) is 5.92 Å². The van der Waals surface area contributed by atoms with E-state index in [4.69, 9.17) is 21.1 Å². The minimum absolute atomic E-state index is 0.0361. The Morgan fingerprint density at radius 3 is 1.51 bits per heavy atom. The SMILES string of the molecule is CC(C)C[C@H](N)C(=O)N[C@@H](CCC(=O)O)C(=O)N[C@@H](CC(=O)O)C(=O)N[C@@H](CCC(=O)O)C(=O)O. The van der Waals surface area contributed by atoms with Crippen LogP contribution in [0.3, 0.4) is 0 Å². The van der Waals surface area contributed by atoms with E-state index in [0.29, 0.717) is 0 Å². The molecule has 0 aliphatic rings. The molecule has 9 N–H and O–H groups in total. The maximum atomic E-state index is 12.7. The van der Waals surface area contributed by atoms with E-state index < -0.39 is 97.9 Å². The Labute approximate surface area is 200 Å². The highest BCUT2D eigenvalue weighted by atomic mass is 16.4. The van der Waals surface area contributed by atoms with Crippen molar-refractivity contribution in [1.82, 2.24) is 16.0 Å². The Hall–Kier alpha value is -3.75. The van der Waals surface area contributed by atoms with E-state index in [9.17, 15) is 38.7 Å². The number of rotatable bonds is 17. The number of nitrogens with one attached hydrogen (secondary N) is 3. The lowest BCUT2D eigenvalue weighted by atomic mass is 10.0. The van der Waals surface area contributed by atoms with Crippen molar-refractivity contribution in [2.24, 2.45) is 11.7 Å². The van der Waals surface area contributed by atoms with Gasteiger partial charge in [-0.15, -0.1) is 0 Å². The first kappa shape index (κ1) is 31.2. The number of carbonyl (C=O) groups excluding carboxylic acids is 3. The molecule has 198 valence electrons. The van der Waals surface area contributed by atoms with Crippen LogP contribution >= 0.6 is 0 Å². The maximum absolute atomic E-state index is 12.7. The fourth-order valence-corrected chi connectivity index (χ4v) is 2.88. The van der Waals surface area contributed by atoms with Crippen LogP contribution in [0.25, 0.3) is 0 Å². The van der Waals surface area contributed by atoms with Crippen molar-refractivity contribution in [2.75, 3.05) is 0 Å². The first-order valence-corrected chi connectivity index (χ1v) is 10.7. The van der Waals surface area contributed by atoms with E-state index >= 15 is 0 Å². The normalized spacial score (nSPS) is 14.2. The molecular weight excluding hydrogens is 472 g/mol. The molecule has 15 nitrogen and oxygen atoms in total. The van der Waals surface area contributed by atoms with E-state index in [0.717, 1.165) is 0 Å². The van der Waals surface area contributed by atoms with Crippen molar-refractivity contribution in [1.29, 1.82) is 0 Å². The number of amides is 3. The van der Waals surface area contributed by atoms with Gasteiger partial charge in [0.1, 0.15) is 18.1 Å². The topological polar surface area (TPSA) is 263 Å². The second kappa shape index (κ2) is 15.2. The van der Waals surface area contributed by atoms with Crippen LogP contribution in [0.2, 0.25) is 0 Å². The number of carboxylic acids is 4. The van der Waals surface area contributed by atoms with Gasteiger partial charge in [0, 0.05) is 12.8 Å². The Balaban J connectivity index is 5.59. The van der Waals surface area contributed by atoms with Crippen molar-refractivity contribution >= 4 is 41.6 Å². The summed E-state index contributed by atoms with van der Waals surface area (Å²) in [5.41, 5.74) is 5.77. The summed E-state index contributed by atoms with van der Waals surface area (Å²) in [6.07, 6.45) is -2.78. The summed E-state index contributed by atoms with van der Waals surface area (Å²) in [5, 5.41) is 42.2. The highest BCUT2D eigenvalue weighted by Gasteiger charge is 2.32. The number of aliphatic carboxylic acids is 4. The van der Waals surface area contributed by atoms with Crippen molar-refractivity contribution < 1.29 is 54.0 Å². The second-order valence-corrected chi connectivity index (χ2v) is 8.22. The Bertz CT molecular complexity index is 815. The molecule has 0 unspecified atom stereocenters. The summed E-state index contributed by atoms with van der Waals surface area (Å²) in [5.74, 6) is -8.76. The standard InChI is InChI=1S/C20H32N4O11/c1-9(2)7-10(21)17(31)22-11(3-5-14(25)26)18(32)24-13(8-16(29)30)19(33)23-12(20(34)35)4-6-15(27)28/h9-13H,3-8,21H2,1-2H3,(H,22,31)(H,23,33)(H,24,32)(H,25,26)(H,27,28)(H,29,30)(H,34,35)/t10-,11-,12-,13-/m0/s1. The third kappa shape index (κ3) is 13.5. The molecule has 0 aromatic rings. The average molecular weight is 504 g/mol. The molecule has 0 heterocycles. The molecule has 0 saturated heterocycles. The van der Waals surface area contributed by atoms with Crippen LogP contribution in [-0.2, 0) is 33.6 Å². The van der Waals surface area contributed by atoms with Crippen LogP contribution in [0.15, 0.2) is 0 Å². The molecule has 0 rings (SSSR count). The number of carbonyl (C=O) groups is 7. The highest BCUT2D eigenvalue weighted by molar-refractivity contribution is 5.95. The van der Waals surface area contributed by atoms with Crippen molar-refractivity contribution in [2.45, 2.75) is 76.5 Å². The molecule has 0 saturated carbocycles. The van der Waals surface area contributed by atoms with E-state index in [-0.39, 0.29) is 12.3 Å². The molecule has 3 amide bonds. The number of carboxylic acid groups (broad SMARTS) is 4. The van der Waals surface area contributed by atoms with E-state index in [1.54, 1.807) is 13.8 Å². The third-order valence-corrected chi connectivity index (χ3v) is 4.62. The maximum Gasteiger partial charge on any atom is 0.326 e. The zero-order chi connectivity index (χ0) is 27.3. The number of nitrogens with two attached hydrogens (primary N) is 1. The highest BCUT2D eigenvalue weighted by Crippen LogP contribution is 2.06. The second-order valence-electron chi connectivity index (χ2n) is 8.22. The van der Waals surface area contributed by atoms with Gasteiger partial charge in [-0.25, -0.2) is 4.79 Å². The summed E-state index contributed by atoms with van der Waals surface area (Å²) in [4.78, 5) is 81.7. The van der Waals surface area contributed by atoms with Crippen molar-refractivity contribution in [3.8, 4) is 0 Å². The lowest BCUT2D eigenvalue weighted by Gasteiger charge is -2.24. The van der Waals surface area contributed by atoms with Gasteiger partial charge in [0.05, 0.1) is 12.5 Å². The Morgan fingerprint density at radius 1 is 0.657 bits per heavy atom. The molecule has 35 heavy (non-hydrogen) atoms. The molecule has 0 bridgehead atoms. The lowest BCUT2D eigenvalue weighted by Crippen LogP contribution is -2.57. The number of hydrogen-bond acceptors (Lipinski definition) is 8. The van der Waals surface area contributed by atoms with Crippen molar-refractivity contribution in [3.05, 3.63) is 0 Å². The quantitative estimate of drug-likeness (QED) is 0.108. The summed E-state index contributed by atoms with van der Waals surface area (Å²) >= 11 is 0. The van der Waals surface area contributed by atoms with E-state index in [2.05, 4.69) is 10.6 Å². The smallest absolute Gasteiger partial charge is 0.326 e. The minimum Gasteiger partial charge on any atom is -0.481 e. The summed E-state index contributed by atoms with van der Waals surface area (Å²) < 4.78 is 0. The Morgan fingerprint density at radius 2 is 1.09 bits per heavy atom. The molecular formula is C20H32N4O11. The van der Waals surface area contributed by atoms with Crippen LogP contribution in [-0.4, -0.2) is 86.2 Å². The van der Waals surface area contributed by atoms with Gasteiger partial charge in [0.15, 0.2) is 0 Å². The fourth-order valence-electron chi connectivity index (χ4n) is 2.88. The van der Waals surface area contributed by atoms with Gasteiger partial charge < -0.3 is 42.1 Å². The molecule has 0 fully saturated rings. The van der Waals surface area contributed by atoms with Crippen LogP contribution in [0.4, 0.5) is 0 Å². The predicted octanol–water partition coefficient (Wildman–Crippen LogP) is -1.90. The minimum atomic E-state index is -1.81. The van der Waals surface area contributed by atoms with E-state index in [1.165, 1.54) is 0 Å². The fraction of sp³-hybridized carbons (Fsp3) is 0.650. The van der Waals surface area contributed by atoms with Gasteiger partial charge in [-0.3, -0.25) is 28.8 Å². The molecule has 0 aromatic heterocycles. The Kier molecular flexibility index (Phi) is 13.6. The molecule has 0 radical (unpaired) electrons. The first-order chi connectivity index (χ1) is 16.1. The van der Waals surface area contributed by atoms with Gasteiger partial charge in [0.25, 0.3) is 0 Å². The molecule has 15 heteroatoms. The van der Waals surface area contributed by atoms with Crippen molar-refractivity contribution in [3.63, 3.8) is 0 Å². The summed E-state index contributed by atoms with van der Waals surface area (Å²) in [7, 11) is 0. The molecule has 0 aromatic carbocycles. The first-order valence-electron chi connectivity index (χ1n) is 10.7. The van der Waals surface area contributed by atoms with Crippen LogP contribution in [0.1, 0.15) is 52.4 Å². The zero-order valence-corrected chi connectivity index (χ0v) is 19.4. The van der Waals surface area contributed by atoms with Crippen LogP contribution in [0.5, 0.6) is 0 Å².